The SMILES string of the molecule is COC(C)CC1(N)CCS(=O)(=O)C1. The predicted molar refractivity (Wildman–Crippen MR) is 51.3 cm³/mol. The fourth-order valence-corrected chi connectivity index (χ4v) is 3.76. The summed E-state index contributed by atoms with van der Waals surface area (Å²) in [6.45, 7) is 1.90. The molecule has 0 aromatic rings. The Balaban J connectivity index is 2.60. The van der Waals surface area contributed by atoms with E-state index in [1.807, 2.05) is 6.92 Å². The molecule has 2 unspecified atom stereocenters. The molecular formula is C8H17NO3S. The van der Waals surface area contributed by atoms with Gasteiger partial charge < -0.3 is 10.5 Å². The maximum absolute atomic E-state index is 11.2. The molecule has 2 N–H and O–H groups in total. The molecule has 0 bridgehead atoms. The average Bonchev–Trinajstić information content (AvgIpc) is 2.25. The first-order valence-electron chi connectivity index (χ1n) is 4.39. The third-order valence-electron chi connectivity index (χ3n) is 2.51. The van der Waals surface area contributed by atoms with Crippen molar-refractivity contribution in [2.75, 3.05) is 18.6 Å². The third kappa shape index (κ3) is 2.93. The number of methoxy groups -OCH3 is 1. The normalized spacial score (nSPS) is 34.7. The summed E-state index contributed by atoms with van der Waals surface area (Å²) in [5.41, 5.74) is 5.39. The van der Waals surface area contributed by atoms with Gasteiger partial charge in [0.2, 0.25) is 0 Å². The van der Waals surface area contributed by atoms with Gasteiger partial charge in [0.1, 0.15) is 0 Å². The first kappa shape index (κ1) is 10.9. The maximum atomic E-state index is 11.2. The van der Waals surface area contributed by atoms with Crippen molar-refractivity contribution in [3.63, 3.8) is 0 Å². The van der Waals surface area contributed by atoms with E-state index in [0.717, 1.165) is 0 Å². The molecule has 0 spiro atoms. The molecule has 1 rings (SSSR count). The first-order chi connectivity index (χ1) is 5.87. The molecule has 5 heteroatoms. The minimum atomic E-state index is -2.89. The van der Waals surface area contributed by atoms with Crippen molar-refractivity contribution in [3.8, 4) is 0 Å². The molecule has 0 radical (unpaired) electrons. The number of nitrogens with two attached hydrogens (primary N) is 1. The Kier molecular flexibility index (Phi) is 2.99. The van der Waals surface area contributed by atoms with Crippen LogP contribution in [0.25, 0.3) is 0 Å². The van der Waals surface area contributed by atoms with E-state index < -0.39 is 15.4 Å². The van der Waals surface area contributed by atoms with Crippen molar-refractivity contribution in [3.05, 3.63) is 0 Å². The Morgan fingerprint density at radius 3 is 2.62 bits per heavy atom. The van der Waals surface area contributed by atoms with Crippen LogP contribution in [0.2, 0.25) is 0 Å². The van der Waals surface area contributed by atoms with Gasteiger partial charge >= 0.3 is 0 Å². The van der Waals surface area contributed by atoms with E-state index in [2.05, 4.69) is 0 Å². The van der Waals surface area contributed by atoms with Crippen LogP contribution in [0.1, 0.15) is 19.8 Å². The fourth-order valence-electron chi connectivity index (χ4n) is 1.76. The predicted octanol–water partition coefficient (Wildman–Crippen LogP) is -0.0726. The zero-order valence-corrected chi connectivity index (χ0v) is 8.93. The van der Waals surface area contributed by atoms with Gasteiger partial charge in [-0.25, -0.2) is 8.42 Å². The average molecular weight is 207 g/mol. The Morgan fingerprint density at radius 1 is 1.62 bits per heavy atom. The quantitative estimate of drug-likeness (QED) is 0.703. The molecule has 1 aliphatic heterocycles. The highest BCUT2D eigenvalue weighted by atomic mass is 32.2. The molecular weight excluding hydrogens is 190 g/mol. The van der Waals surface area contributed by atoms with E-state index >= 15 is 0 Å². The molecule has 0 amide bonds. The molecule has 1 saturated heterocycles. The van der Waals surface area contributed by atoms with Gasteiger partial charge in [-0.3, -0.25) is 0 Å². The van der Waals surface area contributed by atoms with Crippen LogP contribution in [0.15, 0.2) is 0 Å². The van der Waals surface area contributed by atoms with Crippen LogP contribution >= 0.6 is 0 Å². The van der Waals surface area contributed by atoms with Gasteiger partial charge in [-0.05, 0) is 19.8 Å². The minimum Gasteiger partial charge on any atom is -0.382 e. The third-order valence-corrected chi connectivity index (χ3v) is 4.36. The van der Waals surface area contributed by atoms with Crippen molar-refractivity contribution in [2.24, 2.45) is 5.73 Å². The van der Waals surface area contributed by atoms with Crippen LogP contribution in [0.3, 0.4) is 0 Å². The van der Waals surface area contributed by atoms with E-state index in [-0.39, 0.29) is 17.6 Å². The van der Waals surface area contributed by atoms with E-state index in [4.69, 9.17) is 10.5 Å². The van der Waals surface area contributed by atoms with E-state index in [1.165, 1.54) is 0 Å². The molecule has 0 aliphatic carbocycles. The Bertz CT molecular complexity index is 275. The summed E-state index contributed by atoms with van der Waals surface area (Å²) in [5, 5.41) is 0. The summed E-state index contributed by atoms with van der Waals surface area (Å²) < 4.78 is 27.5. The molecule has 0 saturated carbocycles. The summed E-state index contributed by atoms with van der Waals surface area (Å²) in [4.78, 5) is 0. The standard InChI is InChI=1S/C8H17NO3S/c1-7(12-2)5-8(9)3-4-13(10,11)6-8/h7H,3-6,9H2,1-2H3. The first-order valence-corrected chi connectivity index (χ1v) is 6.21. The summed E-state index contributed by atoms with van der Waals surface area (Å²) in [6, 6.07) is 0. The molecule has 1 aliphatic rings. The molecule has 1 heterocycles. The largest absolute Gasteiger partial charge is 0.382 e. The van der Waals surface area contributed by atoms with Gasteiger partial charge in [-0.1, -0.05) is 0 Å². The molecule has 78 valence electrons. The summed E-state index contributed by atoms with van der Waals surface area (Å²) in [6.07, 6.45) is 1.20. The smallest absolute Gasteiger partial charge is 0.152 e. The highest BCUT2D eigenvalue weighted by molar-refractivity contribution is 7.91. The zero-order chi connectivity index (χ0) is 10.1. The van der Waals surface area contributed by atoms with Gasteiger partial charge in [0.15, 0.2) is 9.84 Å². The summed E-state index contributed by atoms with van der Waals surface area (Å²) in [7, 11) is -1.28. The van der Waals surface area contributed by atoms with E-state index in [1.54, 1.807) is 7.11 Å². The topological polar surface area (TPSA) is 69.4 Å². The number of rotatable bonds is 3. The number of sulfone groups is 1. The second-order valence-corrected chi connectivity index (χ2v) is 6.14. The summed E-state index contributed by atoms with van der Waals surface area (Å²) >= 11 is 0. The lowest BCUT2D eigenvalue weighted by Crippen LogP contribution is -2.43. The molecule has 2 atom stereocenters. The van der Waals surface area contributed by atoms with Crippen molar-refractivity contribution in [2.45, 2.75) is 31.4 Å². The van der Waals surface area contributed by atoms with Crippen LogP contribution < -0.4 is 5.73 Å². The van der Waals surface area contributed by atoms with Gasteiger partial charge in [-0.2, -0.15) is 0 Å². The van der Waals surface area contributed by atoms with Crippen LogP contribution in [0.5, 0.6) is 0 Å². The second-order valence-electron chi connectivity index (χ2n) is 3.95. The fraction of sp³-hybridized carbons (Fsp3) is 1.00. The molecule has 0 aromatic carbocycles. The van der Waals surface area contributed by atoms with Crippen LogP contribution in [-0.4, -0.2) is 38.7 Å². The molecule has 4 nitrogen and oxygen atoms in total. The Morgan fingerprint density at radius 2 is 2.23 bits per heavy atom. The maximum Gasteiger partial charge on any atom is 0.152 e. The van der Waals surface area contributed by atoms with Gasteiger partial charge in [0.25, 0.3) is 0 Å². The highest BCUT2D eigenvalue weighted by Gasteiger charge is 2.39. The van der Waals surface area contributed by atoms with E-state index in [0.29, 0.717) is 12.8 Å². The van der Waals surface area contributed by atoms with Crippen LogP contribution in [0, 0.1) is 0 Å². The zero-order valence-electron chi connectivity index (χ0n) is 8.12. The van der Waals surface area contributed by atoms with Crippen molar-refractivity contribution in [1.82, 2.24) is 0 Å². The van der Waals surface area contributed by atoms with Gasteiger partial charge in [0, 0.05) is 12.6 Å². The number of hydrogen-bond donors (Lipinski definition) is 1. The van der Waals surface area contributed by atoms with Gasteiger partial charge in [-0.15, -0.1) is 0 Å². The monoisotopic (exact) mass is 207 g/mol. The Hall–Kier alpha value is -0.130. The lowest BCUT2D eigenvalue weighted by molar-refractivity contribution is 0.0921. The van der Waals surface area contributed by atoms with E-state index in [9.17, 15) is 8.42 Å². The van der Waals surface area contributed by atoms with Crippen LogP contribution in [0.4, 0.5) is 0 Å². The van der Waals surface area contributed by atoms with Gasteiger partial charge in [0.05, 0.1) is 17.6 Å². The second kappa shape index (κ2) is 3.55. The van der Waals surface area contributed by atoms with Crippen LogP contribution in [-0.2, 0) is 14.6 Å². The van der Waals surface area contributed by atoms with Crippen molar-refractivity contribution >= 4 is 9.84 Å². The molecule has 13 heavy (non-hydrogen) atoms. The lowest BCUT2D eigenvalue weighted by atomic mass is 9.93. The number of ether oxygens (including phenoxy) is 1. The number of hydrogen-bond acceptors (Lipinski definition) is 4. The van der Waals surface area contributed by atoms with Crippen molar-refractivity contribution < 1.29 is 13.2 Å². The lowest BCUT2D eigenvalue weighted by Gasteiger charge is -2.25. The highest BCUT2D eigenvalue weighted by Crippen LogP contribution is 2.25. The minimum absolute atomic E-state index is 0.0262. The summed E-state index contributed by atoms with van der Waals surface area (Å²) in [5.74, 6) is 0.327. The molecule has 1 fully saturated rings. The molecule has 0 aromatic heterocycles. The van der Waals surface area contributed by atoms with Crippen molar-refractivity contribution in [1.29, 1.82) is 0 Å². The Labute approximate surface area is 79.4 Å².